The van der Waals surface area contributed by atoms with Crippen molar-refractivity contribution in [3.8, 4) is 0 Å². The van der Waals surface area contributed by atoms with Gasteiger partial charge in [0.15, 0.2) is 0 Å². The van der Waals surface area contributed by atoms with Gasteiger partial charge in [0, 0.05) is 0 Å². The molecule has 0 radical (unpaired) electrons. The van der Waals surface area contributed by atoms with Gasteiger partial charge in [-0.25, -0.2) is 4.79 Å². The Labute approximate surface area is 81.4 Å². The number of ether oxygens (including phenoxy) is 1. The van der Waals surface area contributed by atoms with Crippen LogP contribution in [0.2, 0.25) is 5.02 Å². The van der Waals surface area contributed by atoms with Crippen LogP contribution in [0, 0.1) is 6.92 Å². The van der Waals surface area contributed by atoms with Crippen LogP contribution in [0.4, 0.5) is 5.69 Å². The number of benzene rings is 1. The van der Waals surface area contributed by atoms with Crippen molar-refractivity contribution in [2.24, 2.45) is 0 Å². The Morgan fingerprint density at radius 3 is 2.69 bits per heavy atom. The van der Waals surface area contributed by atoms with Gasteiger partial charge in [0.25, 0.3) is 0 Å². The van der Waals surface area contributed by atoms with Crippen molar-refractivity contribution < 1.29 is 9.53 Å². The number of nitrogen functional groups attached to an aromatic ring is 1. The Morgan fingerprint density at radius 2 is 2.15 bits per heavy atom. The molecular formula is C9H10ClNO2. The molecule has 0 fully saturated rings. The van der Waals surface area contributed by atoms with Gasteiger partial charge in [-0.15, -0.1) is 0 Å². The fourth-order valence-electron chi connectivity index (χ4n) is 1.06. The highest BCUT2D eigenvalue weighted by Gasteiger charge is 2.13. The molecule has 0 atom stereocenters. The monoisotopic (exact) mass is 199 g/mol. The predicted octanol–water partition coefficient (Wildman–Crippen LogP) is 2.02. The highest BCUT2D eigenvalue weighted by atomic mass is 35.5. The molecule has 0 bridgehead atoms. The van der Waals surface area contributed by atoms with E-state index in [1.165, 1.54) is 7.11 Å². The van der Waals surface area contributed by atoms with Crippen molar-refractivity contribution in [3.63, 3.8) is 0 Å². The quantitative estimate of drug-likeness (QED) is 0.556. The maximum Gasteiger partial charge on any atom is 0.339 e. The third-order valence-corrected chi connectivity index (χ3v) is 2.07. The molecule has 0 heterocycles. The third kappa shape index (κ3) is 1.92. The minimum Gasteiger partial charge on any atom is -0.465 e. The summed E-state index contributed by atoms with van der Waals surface area (Å²) in [6.07, 6.45) is 0. The normalized spacial score (nSPS) is 9.77. The summed E-state index contributed by atoms with van der Waals surface area (Å²) in [7, 11) is 1.30. The van der Waals surface area contributed by atoms with Crippen LogP contribution in [0.15, 0.2) is 12.1 Å². The van der Waals surface area contributed by atoms with E-state index in [1.54, 1.807) is 12.1 Å². The molecule has 2 N–H and O–H groups in total. The summed E-state index contributed by atoms with van der Waals surface area (Å²) in [5, 5.41) is 0.248. The Morgan fingerprint density at radius 1 is 1.54 bits per heavy atom. The minimum atomic E-state index is -0.472. The third-order valence-electron chi connectivity index (χ3n) is 1.65. The standard InChI is InChI=1S/C9H10ClNO2/c1-5-3-6(9(12)13-2)8(10)7(11)4-5/h3-4H,11H2,1-2H3. The van der Waals surface area contributed by atoms with Crippen LogP contribution >= 0.6 is 11.6 Å². The molecule has 70 valence electrons. The lowest BCUT2D eigenvalue weighted by molar-refractivity contribution is 0.0601. The topological polar surface area (TPSA) is 52.3 Å². The molecule has 0 saturated heterocycles. The van der Waals surface area contributed by atoms with Crippen molar-refractivity contribution in [1.82, 2.24) is 0 Å². The molecule has 0 aromatic heterocycles. The molecule has 1 aromatic carbocycles. The van der Waals surface area contributed by atoms with Gasteiger partial charge >= 0.3 is 5.97 Å². The Balaban J connectivity index is 3.28. The summed E-state index contributed by atoms with van der Waals surface area (Å²) in [6, 6.07) is 3.35. The lowest BCUT2D eigenvalue weighted by Crippen LogP contribution is -2.04. The smallest absolute Gasteiger partial charge is 0.339 e. The van der Waals surface area contributed by atoms with Gasteiger partial charge in [-0.3, -0.25) is 0 Å². The molecule has 13 heavy (non-hydrogen) atoms. The number of hydrogen-bond acceptors (Lipinski definition) is 3. The first-order valence-corrected chi connectivity index (χ1v) is 4.08. The number of nitrogens with two attached hydrogens (primary N) is 1. The number of carbonyl (C=O) groups excluding carboxylic acids is 1. The van der Waals surface area contributed by atoms with E-state index in [9.17, 15) is 4.79 Å². The fourth-order valence-corrected chi connectivity index (χ4v) is 1.24. The molecule has 3 nitrogen and oxygen atoms in total. The second-order valence-corrected chi connectivity index (χ2v) is 3.09. The molecule has 1 rings (SSSR count). The van der Waals surface area contributed by atoms with Crippen molar-refractivity contribution in [3.05, 3.63) is 28.3 Å². The second kappa shape index (κ2) is 3.66. The molecule has 0 spiro atoms. The van der Waals surface area contributed by atoms with E-state index in [0.717, 1.165) is 5.56 Å². The number of carbonyl (C=O) groups is 1. The lowest BCUT2D eigenvalue weighted by Gasteiger charge is -2.05. The van der Waals surface area contributed by atoms with Crippen LogP contribution in [0.5, 0.6) is 0 Å². The number of anilines is 1. The van der Waals surface area contributed by atoms with Crippen LogP contribution in [0.1, 0.15) is 15.9 Å². The zero-order valence-electron chi connectivity index (χ0n) is 7.43. The maximum absolute atomic E-state index is 11.2. The van der Waals surface area contributed by atoms with Crippen molar-refractivity contribution in [2.45, 2.75) is 6.92 Å². The van der Waals surface area contributed by atoms with Crippen LogP contribution in [0.25, 0.3) is 0 Å². The molecule has 1 aromatic rings. The van der Waals surface area contributed by atoms with E-state index < -0.39 is 5.97 Å². The van der Waals surface area contributed by atoms with E-state index >= 15 is 0 Å². The SMILES string of the molecule is COC(=O)c1cc(C)cc(N)c1Cl. The summed E-state index contributed by atoms with van der Waals surface area (Å²) in [5.74, 6) is -0.472. The first-order chi connectivity index (χ1) is 6.06. The van der Waals surface area contributed by atoms with Gasteiger partial charge in [-0.05, 0) is 24.6 Å². The van der Waals surface area contributed by atoms with Gasteiger partial charge in [-0.2, -0.15) is 0 Å². The highest BCUT2D eigenvalue weighted by Crippen LogP contribution is 2.25. The van der Waals surface area contributed by atoms with Crippen molar-refractivity contribution in [2.75, 3.05) is 12.8 Å². The average Bonchev–Trinajstić information content (AvgIpc) is 2.10. The van der Waals surface area contributed by atoms with E-state index in [0.29, 0.717) is 11.3 Å². The number of rotatable bonds is 1. The summed E-state index contributed by atoms with van der Waals surface area (Å²) < 4.78 is 4.55. The Kier molecular flexibility index (Phi) is 2.78. The molecular weight excluding hydrogens is 190 g/mol. The Hall–Kier alpha value is -1.22. The summed E-state index contributed by atoms with van der Waals surface area (Å²) in [4.78, 5) is 11.2. The van der Waals surface area contributed by atoms with Crippen LogP contribution in [-0.2, 0) is 4.74 Å². The van der Waals surface area contributed by atoms with E-state index in [1.807, 2.05) is 6.92 Å². The molecule has 0 amide bonds. The van der Waals surface area contributed by atoms with Gasteiger partial charge < -0.3 is 10.5 Å². The Bertz CT molecular complexity index is 350. The van der Waals surface area contributed by atoms with E-state index in [-0.39, 0.29) is 5.02 Å². The average molecular weight is 200 g/mol. The van der Waals surface area contributed by atoms with E-state index in [4.69, 9.17) is 17.3 Å². The molecule has 0 unspecified atom stereocenters. The highest BCUT2D eigenvalue weighted by molar-refractivity contribution is 6.36. The number of methoxy groups -OCH3 is 1. The van der Waals surface area contributed by atoms with E-state index in [2.05, 4.69) is 4.74 Å². The van der Waals surface area contributed by atoms with Gasteiger partial charge in [-0.1, -0.05) is 11.6 Å². The second-order valence-electron chi connectivity index (χ2n) is 2.71. The lowest BCUT2D eigenvalue weighted by atomic mass is 10.1. The zero-order chi connectivity index (χ0) is 10.0. The van der Waals surface area contributed by atoms with Crippen molar-refractivity contribution in [1.29, 1.82) is 0 Å². The fraction of sp³-hybridized carbons (Fsp3) is 0.222. The summed E-state index contributed by atoms with van der Waals surface area (Å²) in [5.41, 5.74) is 7.15. The number of hydrogen-bond donors (Lipinski definition) is 1. The summed E-state index contributed by atoms with van der Waals surface area (Å²) >= 11 is 5.81. The molecule has 0 saturated carbocycles. The van der Waals surface area contributed by atoms with Crippen LogP contribution in [-0.4, -0.2) is 13.1 Å². The first kappa shape index (κ1) is 9.86. The molecule has 0 aliphatic rings. The van der Waals surface area contributed by atoms with Crippen molar-refractivity contribution >= 4 is 23.3 Å². The van der Waals surface area contributed by atoms with Gasteiger partial charge in [0.05, 0.1) is 23.4 Å². The summed E-state index contributed by atoms with van der Waals surface area (Å²) in [6.45, 7) is 1.83. The van der Waals surface area contributed by atoms with Gasteiger partial charge in [0.2, 0.25) is 0 Å². The van der Waals surface area contributed by atoms with Gasteiger partial charge in [0.1, 0.15) is 0 Å². The molecule has 4 heteroatoms. The maximum atomic E-state index is 11.2. The molecule has 0 aliphatic carbocycles. The zero-order valence-corrected chi connectivity index (χ0v) is 8.18. The largest absolute Gasteiger partial charge is 0.465 e. The van der Waals surface area contributed by atoms with Crippen LogP contribution in [0.3, 0.4) is 0 Å². The minimum absolute atomic E-state index is 0.248. The van der Waals surface area contributed by atoms with Crippen LogP contribution < -0.4 is 5.73 Å². The predicted molar refractivity (Wildman–Crippen MR) is 51.9 cm³/mol. The number of aryl methyl sites for hydroxylation is 1. The number of esters is 1. The first-order valence-electron chi connectivity index (χ1n) is 3.70. The number of halogens is 1. The molecule has 0 aliphatic heterocycles.